The Kier molecular flexibility index (Phi) is 12.0. The Morgan fingerprint density at radius 2 is 0.639 bits per heavy atom. The number of hydrogen-bond acceptors (Lipinski definition) is 3. The van der Waals surface area contributed by atoms with Crippen LogP contribution >= 0.6 is 0 Å². The minimum Gasteiger partial charge on any atom is -0.311 e. The Labute approximate surface area is 361 Å². The molecule has 0 saturated carbocycles. The van der Waals surface area contributed by atoms with E-state index in [0.29, 0.717) is 0 Å². The topological polar surface area (TPSA) is 9.72 Å². The average Bonchev–Trinajstić information content (AvgIpc) is 3.32. The SMILES string of the molecule is C=Cc1ccc(N(c2ccccc2)c2ccc(C(=C)Cc3ccc(N(c4ccc(C=C)cc4)c4ccc(N(c5ccc(C)cc5)c5ccc(C=C)cc5)cc4)cc3)cc2)cc1. The molecule has 0 amide bonds. The zero-order valence-corrected chi connectivity index (χ0v) is 34.7. The van der Waals surface area contributed by atoms with Gasteiger partial charge in [0.1, 0.15) is 0 Å². The maximum Gasteiger partial charge on any atom is 0.0463 e. The molecule has 3 heteroatoms. The fraction of sp³-hybridized carbons (Fsp3) is 0.0345. The molecule has 0 spiro atoms. The smallest absolute Gasteiger partial charge is 0.0463 e. The van der Waals surface area contributed by atoms with Crippen molar-refractivity contribution in [2.45, 2.75) is 13.3 Å². The number of rotatable bonds is 15. The molecule has 296 valence electrons. The van der Waals surface area contributed by atoms with Gasteiger partial charge < -0.3 is 14.7 Å². The first kappa shape index (κ1) is 39.9. The lowest BCUT2D eigenvalue weighted by atomic mass is 9.99. The van der Waals surface area contributed by atoms with E-state index in [1.54, 1.807) is 0 Å². The van der Waals surface area contributed by atoms with Crippen LogP contribution in [-0.2, 0) is 6.42 Å². The van der Waals surface area contributed by atoms with E-state index in [4.69, 9.17) is 0 Å². The monoisotopic (exact) mass is 787 g/mol. The van der Waals surface area contributed by atoms with Crippen LogP contribution in [0.25, 0.3) is 23.8 Å². The molecule has 0 saturated heterocycles. The third-order valence-corrected chi connectivity index (χ3v) is 11.0. The van der Waals surface area contributed by atoms with Gasteiger partial charge in [-0.3, -0.25) is 0 Å². The minimum absolute atomic E-state index is 0.733. The molecule has 0 atom stereocenters. The average molecular weight is 788 g/mol. The second-order valence-electron chi connectivity index (χ2n) is 15.1. The zero-order valence-electron chi connectivity index (χ0n) is 34.7. The Morgan fingerprint density at radius 3 is 0.984 bits per heavy atom. The van der Waals surface area contributed by atoms with E-state index >= 15 is 0 Å². The summed E-state index contributed by atoms with van der Waals surface area (Å²) in [6.07, 6.45) is 6.35. The molecule has 0 radical (unpaired) electrons. The van der Waals surface area contributed by atoms with E-state index in [2.05, 4.69) is 242 Å². The summed E-state index contributed by atoms with van der Waals surface area (Å²) >= 11 is 0. The van der Waals surface area contributed by atoms with Crippen molar-refractivity contribution >= 4 is 75.0 Å². The normalized spacial score (nSPS) is 10.7. The molecule has 8 rings (SSSR count). The summed E-state index contributed by atoms with van der Waals surface area (Å²) in [6, 6.07) is 70.9. The van der Waals surface area contributed by atoms with Crippen molar-refractivity contribution in [2.24, 2.45) is 0 Å². The zero-order chi connectivity index (χ0) is 42.1. The minimum atomic E-state index is 0.733. The fourth-order valence-electron chi connectivity index (χ4n) is 7.60. The fourth-order valence-corrected chi connectivity index (χ4v) is 7.60. The van der Waals surface area contributed by atoms with Crippen molar-refractivity contribution in [1.29, 1.82) is 0 Å². The molecule has 0 aliphatic heterocycles. The summed E-state index contributed by atoms with van der Waals surface area (Å²) in [4.78, 5) is 6.85. The lowest BCUT2D eigenvalue weighted by molar-refractivity contribution is 1.23. The summed E-state index contributed by atoms with van der Waals surface area (Å²) in [5, 5.41) is 0. The van der Waals surface area contributed by atoms with Gasteiger partial charge in [0.05, 0.1) is 0 Å². The number of para-hydroxylation sites is 1. The lowest BCUT2D eigenvalue weighted by Gasteiger charge is -2.28. The standard InChI is InChI=1S/C58H49N3/c1-6-45-16-28-52(29-17-45)59(50-12-10-9-11-13-50)56-36-24-49(25-37-56)44(5)42-48-22-34-55(35-23-48)61(54-32-20-47(8-3)21-33-54)58-40-38-57(39-41-58)60(51-26-14-43(4)15-27-51)53-30-18-46(7-2)19-31-53/h6-41H,1-3,5,42H2,4H3. The van der Waals surface area contributed by atoms with Crippen LogP contribution in [0, 0.1) is 6.92 Å². The second-order valence-corrected chi connectivity index (χ2v) is 15.1. The third kappa shape index (κ3) is 9.07. The summed E-state index contributed by atoms with van der Waals surface area (Å²) in [6.45, 7) is 18.5. The largest absolute Gasteiger partial charge is 0.311 e. The first-order valence-corrected chi connectivity index (χ1v) is 20.6. The quantitative estimate of drug-likeness (QED) is 0.102. The summed E-state index contributed by atoms with van der Waals surface area (Å²) in [5.74, 6) is 0. The van der Waals surface area contributed by atoms with E-state index in [0.717, 1.165) is 85.4 Å². The van der Waals surface area contributed by atoms with E-state index in [9.17, 15) is 0 Å². The number of nitrogens with zero attached hydrogens (tertiary/aromatic N) is 3. The van der Waals surface area contributed by atoms with Crippen LogP contribution in [0.4, 0.5) is 51.2 Å². The maximum absolute atomic E-state index is 4.53. The van der Waals surface area contributed by atoms with Gasteiger partial charge in [-0.1, -0.05) is 141 Å². The second kappa shape index (κ2) is 18.4. The van der Waals surface area contributed by atoms with Crippen LogP contribution in [0.2, 0.25) is 0 Å². The van der Waals surface area contributed by atoms with Gasteiger partial charge in [-0.05, 0) is 156 Å². The summed E-state index contributed by atoms with van der Waals surface area (Å²) in [7, 11) is 0. The van der Waals surface area contributed by atoms with Gasteiger partial charge in [-0.25, -0.2) is 0 Å². The highest BCUT2D eigenvalue weighted by atomic mass is 15.2. The van der Waals surface area contributed by atoms with Crippen molar-refractivity contribution in [3.8, 4) is 0 Å². The molecule has 8 aromatic rings. The Bertz CT molecular complexity index is 2730. The van der Waals surface area contributed by atoms with E-state index < -0.39 is 0 Å². The number of hydrogen-bond donors (Lipinski definition) is 0. The predicted molar refractivity (Wildman–Crippen MR) is 265 cm³/mol. The van der Waals surface area contributed by atoms with Crippen LogP contribution in [0.1, 0.15) is 33.4 Å². The van der Waals surface area contributed by atoms with Crippen molar-refractivity contribution < 1.29 is 0 Å². The van der Waals surface area contributed by atoms with Gasteiger partial charge in [0.15, 0.2) is 0 Å². The van der Waals surface area contributed by atoms with Gasteiger partial charge in [0.25, 0.3) is 0 Å². The van der Waals surface area contributed by atoms with Crippen molar-refractivity contribution in [3.05, 3.63) is 260 Å². The highest BCUT2D eigenvalue weighted by Gasteiger charge is 2.17. The molecule has 0 unspecified atom stereocenters. The molecule has 0 aromatic heterocycles. The molecule has 0 bridgehead atoms. The summed E-state index contributed by atoms with van der Waals surface area (Å²) in [5.41, 5.74) is 17.5. The Balaban J connectivity index is 1.05. The van der Waals surface area contributed by atoms with Gasteiger partial charge in [-0.15, -0.1) is 0 Å². The third-order valence-electron chi connectivity index (χ3n) is 11.0. The molecule has 3 nitrogen and oxygen atoms in total. The molecule has 0 aliphatic rings. The first-order chi connectivity index (χ1) is 29.9. The van der Waals surface area contributed by atoms with Crippen molar-refractivity contribution in [3.63, 3.8) is 0 Å². The highest BCUT2D eigenvalue weighted by Crippen LogP contribution is 2.40. The number of aryl methyl sites for hydroxylation is 1. The van der Waals surface area contributed by atoms with Crippen molar-refractivity contribution in [1.82, 2.24) is 0 Å². The lowest BCUT2D eigenvalue weighted by Crippen LogP contribution is -2.12. The van der Waals surface area contributed by atoms with Crippen LogP contribution in [-0.4, -0.2) is 0 Å². The first-order valence-electron chi connectivity index (χ1n) is 20.6. The van der Waals surface area contributed by atoms with Crippen molar-refractivity contribution in [2.75, 3.05) is 14.7 Å². The Morgan fingerprint density at radius 1 is 0.361 bits per heavy atom. The number of allylic oxidation sites excluding steroid dienone is 1. The van der Waals surface area contributed by atoms with Crippen LogP contribution in [0.3, 0.4) is 0 Å². The Hall–Kier alpha value is -7.88. The number of benzene rings is 8. The molecule has 61 heavy (non-hydrogen) atoms. The van der Waals surface area contributed by atoms with Gasteiger partial charge >= 0.3 is 0 Å². The molecule has 0 heterocycles. The van der Waals surface area contributed by atoms with Gasteiger partial charge in [0.2, 0.25) is 0 Å². The van der Waals surface area contributed by atoms with Crippen LogP contribution in [0.5, 0.6) is 0 Å². The van der Waals surface area contributed by atoms with Crippen LogP contribution in [0.15, 0.2) is 227 Å². The summed E-state index contributed by atoms with van der Waals surface area (Å²) < 4.78 is 0. The maximum atomic E-state index is 4.53. The molecule has 0 N–H and O–H groups in total. The molecule has 8 aromatic carbocycles. The predicted octanol–water partition coefficient (Wildman–Crippen LogP) is 16.6. The molecular formula is C58H49N3. The van der Waals surface area contributed by atoms with Crippen LogP contribution < -0.4 is 14.7 Å². The van der Waals surface area contributed by atoms with Gasteiger partial charge in [0, 0.05) is 51.2 Å². The highest BCUT2D eigenvalue weighted by molar-refractivity contribution is 5.83. The molecule has 0 fully saturated rings. The van der Waals surface area contributed by atoms with E-state index in [1.165, 1.54) is 11.1 Å². The van der Waals surface area contributed by atoms with E-state index in [1.807, 2.05) is 24.3 Å². The van der Waals surface area contributed by atoms with Gasteiger partial charge in [-0.2, -0.15) is 0 Å². The molecule has 0 aliphatic carbocycles. The molecular weight excluding hydrogens is 739 g/mol. The van der Waals surface area contributed by atoms with E-state index in [-0.39, 0.29) is 0 Å². The number of anilines is 9.